The van der Waals surface area contributed by atoms with Crippen LogP contribution in [0.5, 0.6) is 0 Å². The molecule has 0 radical (unpaired) electrons. The molecule has 1 atom stereocenters. The average molecular weight is 255 g/mol. The summed E-state index contributed by atoms with van der Waals surface area (Å²) in [4.78, 5) is 12.3. The highest BCUT2D eigenvalue weighted by Gasteiger charge is 2.23. The fourth-order valence-electron chi connectivity index (χ4n) is 1.99. The van der Waals surface area contributed by atoms with Crippen molar-refractivity contribution in [3.8, 4) is 0 Å². The van der Waals surface area contributed by atoms with E-state index in [0.29, 0.717) is 6.42 Å². The first-order valence-corrected chi connectivity index (χ1v) is 6.65. The van der Waals surface area contributed by atoms with E-state index < -0.39 is 0 Å². The molecule has 2 aromatic rings. The van der Waals surface area contributed by atoms with Crippen LogP contribution in [0, 0.1) is 5.41 Å². The maximum absolute atomic E-state index is 12.3. The number of benzene rings is 2. The summed E-state index contributed by atoms with van der Waals surface area (Å²) in [7, 11) is 0. The molecule has 0 aliphatic rings. The molecule has 19 heavy (non-hydrogen) atoms. The number of hydrogen-bond acceptors (Lipinski definition) is 2. The minimum absolute atomic E-state index is 0.0491. The van der Waals surface area contributed by atoms with Gasteiger partial charge in [0.1, 0.15) is 0 Å². The maximum atomic E-state index is 12.3. The molecule has 2 N–H and O–H groups in total. The minimum Gasteiger partial charge on any atom is -0.327 e. The van der Waals surface area contributed by atoms with Crippen LogP contribution in [0.3, 0.4) is 0 Å². The third-order valence-corrected chi connectivity index (χ3v) is 3.59. The molecule has 0 bridgehead atoms. The van der Waals surface area contributed by atoms with E-state index in [4.69, 9.17) is 5.73 Å². The van der Waals surface area contributed by atoms with E-state index in [1.54, 1.807) is 0 Å². The lowest BCUT2D eigenvalue weighted by atomic mass is 9.83. The van der Waals surface area contributed by atoms with Gasteiger partial charge in [-0.3, -0.25) is 4.79 Å². The van der Waals surface area contributed by atoms with Crippen LogP contribution in [0.2, 0.25) is 0 Å². The molecule has 0 spiro atoms. The Bertz CT molecular complexity index is 595. The fourth-order valence-corrected chi connectivity index (χ4v) is 1.99. The third-order valence-electron chi connectivity index (χ3n) is 3.59. The van der Waals surface area contributed by atoms with Crippen LogP contribution in [0.15, 0.2) is 42.5 Å². The zero-order valence-corrected chi connectivity index (χ0v) is 11.8. The van der Waals surface area contributed by atoms with E-state index in [1.807, 2.05) is 42.5 Å². The van der Waals surface area contributed by atoms with Gasteiger partial charge in [0.05, 0.1) is 0 Å². The van der Waals surface area contributed by atoms with Crippen LogP contribution >= 0.6 is 0 Å². The summed E-state index contributed by atoms with van der Waals surface area (Å²) < 4.78 is 0. The lowest BCUT2D eigenvalue weighted by Crippen LogP contribution is -2.36. The predicted molar refractivity (Wildman–Crippen MR) is 80.3 cm³/mol. The van der Waals surface area contributed by atoms with Gasteiger partial charge >= 0.3 is 0 Å². The molecular weight excluding hydrogens is 234 g/mol. The second kappa shape index (κ2) is 5.14. The van der Waals surface area contributed by atoms with E-state index in [9.17, 15) is 4.79 Å². The van der Waals surface area contributed by atoms with Crippen LogP contribution in [0.25, 0.3) is 10.8 Å². The van der Waals surface area contributed by atoms with Crippen LogP contribution in [-0.2, 0) is 0 Å². The molecular formula is C17H21NO. The van der Waals surface area contributed by atoms with Crippen LogP contribution in [0.4, 0.5) is 0 Å². The van der Waals surface area contributed by atoms with Gasteiger partial charge in [0, 0.05) is 18.0 Å². The van der Waals surface area contributed by atoms with Crippen molar-refractivity contribution in [1.82, 2.24) is 0 Å². The van der Waals surface area contributed by atoms with Crippen LogP contribution < -0.4 is 5.73 Å². The van der Waals surface area contributed by atoms with E-state index >= 15 is 0 Å². The second-order valence-electron chi connectivity index (χ2n) is 6.16. The van der Waals surface area contributed by atoms with Crippen LogP contribution in [0.1, 0.15) is 37.6 Å². The predicted octanol–water partition coefficient (Wildman–Crippen LogP) is 3.79. The van der Waals surface area contributed by atoms with Crippen molar-refractivity contribution in [1.29, 1.82) is 0 Å². The number of nitrogens with two attached hydrogens (primary N) is 1. The Kier molecular flexibility index (Phi) is 3.72. The number of carbonyl (C=O) groups is 1. The second-order valence-corrected chi connectivity index (χ2v) is 6.16. The molecule has 0 aliphatic carbocycles. The zero-order valence-electron chi connectivity index (χ0n) is 11.8. The van der Waals surface area contributed by atoms with Crippen molar-refractivity contribution >= 4 is 16.6 Å². The average Bonchev–Trinajstić information content (AvgIpc) is 2.37. The number of fused-ring (bicyclic) bond motifs is 1. The standard InChI is InChI=1S/C17H21NO/c1-17(2,3)16(18)11-15(19)14-9-8-12-6-4-5-7-13(12)10-14/h4-10,16H,11,18H2,1-3H3. The summed E-state index contributed by atoms with van der Waals surface area (Å²) in [5, 5.41) is 2.25. The molecule has 0 saturated heterocycles. The lowest BCUT2D eigenvalue weighted by Gasteiger charge is -2.26. The van der Waals surface area contributed by atoms with Gasteiger partial charge in [0.2, 0.25) is 0 Å². The highest BCUT2D eigenvalue weighted by molar-refractivity contribution is 6.00. The molecule has 2 nitrogen and oxygen atoms in total. The van der Waals surface area contributed by atoms with E-state index in [2.05, 4.69) is 20.8 Å². The molecule has 0 aromatic heterocycles. The van der Waals surface area contributed by atoms with Crippen LogP contribution in [-0.4, -0.2) is 11.8 Å². The molecule has 2 aromatic carbocycles. The molecule has 1 unspecified atom stereocenters. The SMILES string of the molecule is CC(C)(C)C(N)CC(=O)c1ccc2ccccc2c1. The van der Waals surface area contributed by atoms with E-state index in [-0.39, 0.29) is 17.2 Å². The summed E-state index contributed by atoms with van der Waals surface area (Å²) in [5.74, 6) is 0.119. The van der Waals surface area contributed by atoms with Crippen molar-refractivity contribution in [3.63, 3.8) is 0 Å². The maximum Gasteiger partial charge on any atom is 0.164 e. The normalized spacial score (nSPS) is 13.5. The number of carbonyl (C=O) groups excluding carboxylic acids is 1. The summed E-state index contributed by atoms with van der Waals surface area (Å²) in [5.41, 5.74) is 6.78. The summed E-state index contributed by atoms with van der Waals surface area (Å²) in [6.45, 7) is 6.18. The number of ketones is 1. The third kappa shape index (κ3) is 3.21. The highest BCUT2D eigenvalue weighted by Crippen LogP contribution is 2.22. The zero-order chi connectivity index (χ0) is 14.0. The summed E-state index contributed by atoms with van der Waals surface area (Å²) in [6, 6.07) is 13.8. The van der Waals surface area contributed by atoms with E-state index in [0.717, 1.165) is 16.3 Å². The molecule has 0 saturated carbocycles. The largest absolute Gasteiger partial charge is 0.327 e. The Morgan fingerprint density at radius 3 is 2.37 bits per heavy atom. The molecule has 0 heterocycles. The topological polar surface area (TPSA) is 43.1 Å². The first-order chi connectivity index (χ1) is 8.88. The van der Waals surface area contributed by atoms with Gasteiger partial charge < -0.3 is 5.73 Å². The number of hydrogen-bond donors (Lipinski definition) is 1. The lowest BCUT2D eigenvalue weighted by molar-refractivity contribution is 0.0953. The van der Waals surface area contributed by atoms with Crippen molar-refractivity contribution in [2.24, 2.45) is 11.1 Å². The quantitative estimate of drug-likeness (QED) is 0.848. The Labute approximate surface area is 114 Å². The van der Waals surface area contributed by atoms with Gasteiger partial charge in [-0.2, -0.15) is 0 Å². The fraction of sp³-hybridized carbons (Fsp3) is 0.353. The molecule has 0 fully saturated rings. The smallest absolute Gasteiger partial charge is 0.164 e. The molecule has 100 valence electrons. The minimum atomic E-state index is -0.119. The number of Topliss-reactive ketones (excluding diaryl/α,β-unsaturated/α-hetero) is 1. The summed E-state index contributed by atoms with van der Waals surface area (Å²) in [6.07, 6.45) is 0.391. The molecule has 2 rings (SSSR count). The Morgan fingerprint density at radius 2 is 1.74 bits per heavy atom. The van der Waals surface area contributed by atoms with Crippen molar-refractivity contribution in [3.05, 3.63) is 48.0 Å². The Balaban J connectivity index is 2.22. The van der Waals surface area contributed by atoms with Gasteiger partial charge in [-0.15, -0.1) is 0 Å². The van der Waals surface area contributed by atoms with Gasteiger partial charge in [-0.05, 0) is 22.3 Å². The molecule has 2 heteroatoms. The first kappa shape index (κ1) is 13.8. The van der Waals surface area contributed by atoms with Crippen molar-refractivity contribution in [2.45, 2.75) is 33.2 Å². The van der Waals surface area contributed by atoms with Gasteiger partial charge in [0.25, 0.3) is 0 Å². The van der Waals surface area contributed by atoms with Gasteiger partial charge in [-0.1, -0.05) is 57.2 Å². The van der Waals surface area contributed by atoms with E-state index in [1.165, 1.54) is 0 Å². The first-order valence-electron chi connectivity index (χ1n) is 6.65. The summed E-state index contributed by atoms with van der Waals surface area (Å²) >= 11 is 0. The Hall–Kier alpha value is -1.67. The monoisotopic (exact) mass is 255 g/mol. The van der Waals surface area contributed by atoms with Gasteiger partial charge in [-0.25, -0.2) is 0 Å². The number of rotatable bonds is 3. The Morgan fingerprint density at radius 1 is 1.11 bits per heavy atom. The molecule has 0 aliphatic heterocycles. The van der Waals surface area contributed by atoms with Crippen molar-refractivity contribution < 1.29 is 4.79 Å². The van der Waals surface area contributed by atoms with Gasteiger partial charge in [0.15, 0.2) is 5.78 Å². The molecule has 0 amide bonds. The highest BCUT2D eigenvalue weighted by atomic mass is 16.1. The van der Waals surface area contributed by atoms with Crippen molar-refractivity contribution in [2.75, 3.05) is 0 Å².